The van der Waals surface area contributed by atoms with Crippen LogP contribution in [0.4, 0.5) is 0 Å². The molecule has 8 heteroatoms. The molecule has 1 heterocycles. The number of benzene rings is 1. The predicted molar refractivity (Wildman–Crippen MR) is 85.5 cm³/mol. The highest BCUT2D eigenvalue weighted by atomic mass is 35.5. The van der Waals surface area contributed by atoms with Crippen LogP contribution in [0, 0.1) is 0 Å². The van der Waals surface area contributed by atoms with Crippen LogP contribution in [0.2, 0.25) is 10.0 Å². The molecule has 112 valence electrons. The van der Waals surface area contributed by atoms with Crippen molar-refractivity contribution in [3.05, 3.63) is 46.2 Å². The molecule has 1 aromatic heterocycles. The molecule has 0 spiro atoms. The van der Waals surface area contributed by atoms with E-state index in [1.165, 1.54) is 4.68 Å². The Balaban J connectivity index is 1.95. The number of amides is 1. The average molecular weight is 346 g/mol. The van der Waals surface area contributed by atoms with Crippen LogP contribution in [0.1, 0.15) is 10.5 Å². The first-order valence-corrected chi connectivity index (χ1v) is 7.49. The zero-order valence-electron chi connectivity index (χ0n) is 10.9. The predicted octanol–water partition coefficient (Wildman–Crippen LogP) is 2.89. The monoisotopic (exact) mass is 345 g/mol. The summed E-state index contributed by atoms with van der Waals surface area (Å²) in [4.78, 5) is 11.7. The van der Waals surface area contributed by atoms with Crippen LogP contribution in [0.15, 0.2) is 30.5 Å². The first kappa shape index (κ1) is 16.0. The lowest BCUT2D eigenvalue weighted by atomic mass is 10.3. The summed E-state index contributed by atoms with van der Waals surface area (Å²) in [7, 11) is 0. The number of thiol groups is 1. The Morgan fingerprint density at radius 1 is 1.38 bits per heavy atom. The van der Waals surface area contributed by atoms with Crippen LogP contribution < -0.4 is 10.1 Å². The Labute approximate surface area is 137 Å². The van der Waals surface area contributed by atoms with E-state index >= 15 is 0 Å². The van der Waals surface area contributed by atoms with Gasteiger partial charge in [-0.15, -0.1) is 0 Å². The lowest BCUT2D eigenvalue weighted by Gasteiger charge is -2.08. The summed E-state index contributed by atoms with van der Waals surface area (Å²) in [6, 6.07) is 6.56. The van der Waals surface area contributed by atoms with Crippen LogP contribution in [0.3, 0.4) is 0 Å². The van der Waals surface area contributed by atoms with Gasteiger partial charge in [-0.2, -0.15) is 17.7 Å². The lowest BCUT2D eigenvalue weighted by Crippen LogP contribution is -2.26. The molecule has 0 atom stereocenters. The second kappa shape index (κ2) is 7.59. The third-order valence-electron chi connectivity index (χ3n) is 2.52. The van der Waals surface area contributed by atoms with E-state index < -0.39 is 0 Å². The van der Waals surface area contributed by atoms with E-state index in [9.17, 15) is 4.79 Å². The maximum Gasteiger partial charge on any atom is 0.271 e. The van der Waals surface area contributed by atoms with Gasteiger partial charge < -0.3 is 10.1 Å². The summed E-state index contributed by atoms with van der Waals surface area (Å²) in [5, 5.41) is 7.75. The number of nitrogens with zero attached hydrogens (tertiary/aromatic N) is 2. The van der Waals surface area contributed by atoms with E-state index in [2.05, 4.69) is 23.0 Å². The number of hydrogen-bond donors (Lipinski definition) is 2. The fourth-order valence-corrected chi connectivity index (χ4v) is 2.12. The van der Waals surface area contributed by atoms with Gasteiger partial charge in [0.1, 0.15) is 11.4 Å². The molecule has 21 heavy (non-hydrogen) atoms. The standard InChI is InChI=1S/C13H13Cl2N3O2S/c14-9-1-2-12(10(15)7-9)20-8-18-5-3-11(17-18)13(19)16-4-6-21/h1-3,5,7,21H,4,6,8H2,(H,16,19). The van der Waals surface area contributed by atoms with Crippen molar-refractivity contribution in [2.75, 3.05) is 12.3 Å². The Hall–Kier alpha value is -1.37. The number of ether oxygens (including phenoxy) is 1. The molecule has 0 bridgehead atoms. The zero-order valence-corrected chi connectivity index (χ0v) is 13.3. The van der Waals surface area contributed by atoms with Crippen molar-refractivity contribution in [1.82, 2.24) is 15.1 Å². The van der Waals surface area contributed by atoms with Crippen molar-refractivity contribution in [2.24, 2.45) is 0 Å². The lowest BCUT2D eigenvalue weighted by molar-refractivity contribution is 0.0949. The minimum atomic E-state index is -0.243. The second-order valence-corrected chi connectivity index (χ2v) is 5.36. The first-order valence-electron chi connectivity index (χ1n) is 6.10. The topological polar surface area (TPSA) is 56.2 Å². The summed E-state index contributed by atoms with van der Waals surface area (Å²) in [5.41, 5.74) is 0.322. The SMILES string of the molecule is O=C(NCCS)c1ccn(COc2ccc(Cl)cc2Cl)n1. The third-order valence-corrected chi connectivity index (χ3v) is 3.27. The van der Waals surface area contributed by atoms with Crippen LogP contribution in [-0.4, -0.2) is 28.0 Å². The number of halogens is 2. The Kier molecular flexibility index (Phi) is 5.78. The summed E-state index contributed by atoms with van der Waals surface area (Å²) in [5.74, 6) is 0.829. The number of nitrogens with one attached hydrogen (secondary N) is 1. The van der Waals surface area contributed by atoms with Gasteiger partial charge >= 0.3 is 0 Å². The van der Waals surface area contributed by atoms with Crippen molar-refractivity contribution < 1.29 is 9.53 Å². The highest BCUT2D eigenvalue weighted by molar-refractivity contribution is 7.80. The maximum atomic E-state index is 11.7. The Morgan fingerprint density at radius 2 is 2.19 bits per heavy atom. The average Bonchev–Trinajstić information content (AvgIpc) is 2.93. The highest BCUT2D eigenvalue weighted by Gasteiger charge is 2.09. The number of rotatable bonds is 6. The second-order valence-electron chi connectivity index (χ2n) is 4.07. The largest absolute Gasteiger partial charge is 0.470 e. The van der Waals surface area contributed by atoms with Gasteiger partial charge in [-0.1, -0.05) is 23.2 Å². The molecule has 1 N–H and O–H groups in total. The Morgan fingerprint density at radius 3 is 2.90 bits per heavy atom. The van der Waals surface area contributed by atoms with E-state index in [0.29, 0.717) is 33.8 Å². The van der Waals surface area contributed by atoms with Gasteiger partial charge in [0.05, 0.1) is 5.02 Å². The Bertz CT molecular complexity index is 634. The number of carbonyl (C=O) groups is 1. The van der Waals surface area contributed by atoms with Gasteiger partial charge in [0.15, 0.2) is 6.73 Å². The molecule has 0 aliphatic heterocycles. The van der Waals surface area contributed by atoms with Crippen molar-refractivity contribution in [1.29, 1.82) is 0 Å². The molecule has 5 nitrogen and oxygen atoms in total. The molecule has 1 amide bonds. The molecule has 2 rings (SSSR count). The molecular formula is C13H13Cl2N3O2S. The minimum Gasteiger partial charge on any atom is -0.470 e. The normalized spacial score (nSPS) is 10.4. The van der Waals surface area contributed by atoms with E-state index in [-0.39, 0.29) is 12.6 Å². The van der Waals surface area contributed by atoms with E-state index in [1.807, 2.05) is 0 Å². The van der Waals surface area contributed by atoms with Gasteiger partial charge in [-0.05, 0) is 24.3 Å². The molecule has 0 aliphatic carbocycles. The fraction of sp³-hybridized carbons (Fsp3) is 0.231. The third kappa shape index (κ3) is 4.56. The number of hydrogen-bond acceptors (Lipinski definition) is 4. The molecule has 0 fully saturated rings. The van der Waals surface area contributed by atoms with Gasteiger partial charge in [0.2, 0.25) is 0 Å². The molecule has 0 radical (unpaired) electrons. The van der Waals surface area contributed by atoms with Gasteiger partial charge in [-0.25, -0.2) is 4.68 Å². The van der Waals surface area contributed by atoms with Crippen molar-refractivity contribution in [2.45, 2.75) is 6.73 Å². The maximum absolute atomic E-state index is 11.7. The van der Waals surface area contributed by atoms with Gasteiger partial charge in [0.25, 0.3) is 5.91 Å². The van der Waals surface area contributed by atoms with Crippen LogP contribution in [0.5, 0.6) is 5.75 Å². The molecule has 1 aromatic carbocycles. The molecule has 2 aromatic rings. The molecule has 0 unspecified atom stereocenters. The van der Waals surface area contributed by atoms with Crippen LogP contribution in [0.25, 0.3) is 0 Å². The summed E-state index contributed by atoms with van der Waals surface area (Å²) >= 11 is 15.8. The molecule has 0 saturated heterocycles. The van der Waals surface area contributed by atoms with Gasteiger partial charge in [0, 0.05) is 23.5 Å². The number of carbonyl (C=O) groups excluding carboxylic acids is 1. The zero-order chi connectivity index (χ0) is 15.2. The highest BCUT2D eigenvalue weighted by Crippen LogP contribution is 2.27. The van der Waals surface area contributed by atoms with Crippen molar-refractivity contribution in [3.63, 3.8) is 0 Å². The number of aromatic nitrogens is 2. The van der Waals surface area contributed by atoms with Gasteiger partial charge in [-0.3, -0.25) is 4.79 Å². The van der Waals surface area contributed by atoms with E-state index in [4.69, 9.17) is 27.9 Å². The minimum absolute atomic E-state index is 0.140. The van der Waals surface area contributed by atoms with Crippen molar-refractivity contribution >= 4 is 41.7 Å². The van der Waals surface area contributed by atoms with E-state index in [0.717, 1.165) is 0 Å². The van der Waals surface area contributed by atoms with E-state index in [1.54, 1.807) is 30.5 Å². The summed E-state index contributed by atoms with van der Waals surface area (Å²) in [6.07, 6.45) is 1.65. The summed E-state index contributed by atoms with van der Waals surface area (Å²) < 4.78 is 7.02. The summed E-state index contributed by atoms with van der Waals surface area (Å²) in [6.45, 7) is 0.632. The molecular weight excluding hydrogens is 333 g/mol. The quantitative estimate of drug-likeness (QED) is 0.791. The first-order chi connectivity index (χ1) is 10.1. The smallest absolute Gasteiger partial charge is 0.271 e. The molecule has 0 aliphatic rings. The molecule has 0 saturated carbocycles. The van der Waals surface area contributed by atoms with Crippen molar-refractivity contribution in [3.8, 4) is 5.75 Å². The van der Waals surface area contributed by atoms with Crippen LogP contribution in [-0.2, 0) is 6.73 Å². The van der Waals surface area contributed by atoms with Crippen LogP contribution >= 0.6 is 35.8 Å². The fourth-order valence-electron chi connectivity index (χ4n) is 1.54.